The lowest BCUT2D eigenvalue weighted by molar-refractivity contribution is -0.146. The molecule has 0 saturated carbocycles. The molecule has 2 unspecified atom stereocenters. The Morgan fingerprint density at radius 1 is 1.22 bits per heavy atom. The van der Waals surface area contributed by atoms with Gasteiger partial charge in [-0.25, -0.2) is 5.48 Å². The molecule has 0 radical (unpaired) electrons. The molecule has 23 heavy (non-hydrogen) atoms. The summed E-state index contributed by atoms with van der Waals surface area (Å²) in [5.74, 6) is -1.32. The first-order valence-corrected chi connectivity index (χ1v) is 8.41. The number of hydrogen-bond donors (Lipinski definition) is 2. The van der Waals surface area contributed by atoms with E-state index in [2.05, 4.69) is 10.8 Å². The largest absolute Gasteiger partial charge is 0.348 e. The van der Waals surface area contributed by atoms with E-state index in [9.17, 15) is 9.59 Å². The van der Waals surface area contributed by atoms with Crippen LogP contribution in [0.25, 0.3) is 0 Å². The molecule has 3 rings (SSSR count). The summed E-state index contributed by atoms with van der Waals surface area (Å²) in [6.07, 6.45) is 1.28. The van der Waals surface area contributed by atoms with Crippen molar-refractivity contribution >= 4 is 23.2 Å². The van der Waals surface area contributed by atoms with Gasteiger partial charge in [-0.15, -0.1) is 11.3 Å². The zero-order valence-electron chi connectivity index (χ0n) is 12.5. The molecule has 120 valence electrons. The van der Waals surface area contributed by atoms with Crippen molar-refractivity contribution in [3.8, 4) is 0 Å². The number of piperidine rings is 1. The van der Waals surface area contributed by atoms with Gasteiger partial charge < -0.3 is 5.32 Å². The van der Waals surface area contributed by atoms with Gasteiger partial charge in [0, 0.05) is 4.88 Å². The molecule has 1 saturated heterocycles. The number of rotatable bonds is 5. The fourth-order valence-electron chi connectivity index (χ4n) is 2.60. The van der Waals surface area contributed by atoms with Crippen molar-refractivity contribution in [3.63, 3.8) is 0 Å². The van der Waals surface area contributed by atoms with E-state index < -0.39 is 5.92 Å². The summed E-state index contributed by atoms with van der Waals surface area (Å²) in [4.78, 5) is 30.6. The predicted molar refractivity (Wildman–Crippen MR) is 87.3 cm³/mol. The summed E-state index contributed by atoms with van der Waals surface area (Å²) in [5, 5.41) is 4.90. The Labute approximate surface area is 138 Å². The van der Waals surface area contributed by atoms with E-state index in [1.165, 1.54) is 0 Å². The highest BCUT2D eigenvalue weighted by Gasteiger charge is 2.34. The third kappa shape index (κ3) is 3.97. The van der Waals surface area contributed by atoms with E-state index >= 15 is 0 Å². The molecule has 2 N–H and O–H groups in total. The van der Waals surface area contributed by atoms with Gasteiger partial charge in [-0.1, -0.05) is 36.4 Å². The first-order valence-electron chi connectivity index (χ1n) is 7.53. The van der Waals surface area contributed by atoms with E-state index in [0.717, 1.165) is 16.9 Å². The maximum atomic E-state index is 12.2. The van der Waals surface area contributed by atoms with Crippen LogP contribution >= 0.6 is 11.3 Å². The SMILES string of the molecule is O=C(NOCc1ccccc1)C1CCC(c2cccs2)NC1=O. The minimum atomic E-state index is -0.693. The van der Waals surface area contributed by atoms with Crippen molar-refractivity contribution in [3.05, 3.63) is 58.3 Å². The average molecular weight is 330 g/mol. The predicted octanol–water partition coefficient (Wildman–Crippen LogP) is 2.56. The van der Waals surface area contributed by atoms with Crippen molar-refractivity contribution in [2.75, 3.05) is 0 Å². The molecule has 1 aliphatic heterocycles. The second-order valence-corrected chi connectivity index (χ2v) is 6.43. The van der Waals surface area contributed by atoms with Crippen LogP contribution in [0.3, 0.4) is 0 Å². The molecule has 2 atom stereocenters. The summed E-state index contributed by atoms with van der Waals surface area (Å²) in [6, 6.07) is 13.5. The van der Waals surface area contributed by atoms with Gasteiger partial charge in [0.25, 0.3) is 5.91 Å². The van der Waals surface area contributed by atoms with E-state index in [1.54, 1.807) is 11.3 Å². The summed E-state index contributed by atoms with van der Waals surface area (Å²) in [7, 11) is 0. The summed E-state index contributed by atoms with van der Waals surface area (Å²) in [5.41, 5.74) is 3.34. The van der Waals surface area contributed by atoms with Crippen molar-refractivity contribution in [2.24, 2.45) is 5.92 Å². The molecular weight excluding hydrogens is 312 g/mol. The number of carbonyl (C=O) groups is 2. The second-order valence-electron chi connectivity index (χ2n) is 5.45. The number of hydroxylamine groups is 1. The minimum Gasteiger partial charge on any atom is -0.348 e. The Balaban J connectivity index is 1.48. The summed E-state index contributed by atoms with van der Waals surface area (Å²) >= 11 is 1.61. The van der Waals surface area contributed by atoms with E-state index in [-0.39, 0.29) is 24.5 Å². The third-order valence-electron chi connectivity index (χ3n) is 3.83. The first-order chi connectivity index (χ1) is 11.2. The lowest BCUT2D eigenvalue weighted by Gasteiger charge is -2.27. The molecule has 1 aliphatic rings. The Kier molecular flexibility index (Phi) is 5.05. The van der Waals surface area contributed by atoms with Crippen molar-refractivity contribution in [1.82, 2.24) is 10.8 Å². The van der Waals surface area contributed by atoms with Crippen LogP contribution in [0.15, 0.2) is 47.8 Å². The Morgan fingerprint density at radius 2 is 2.04 bits per heavy atom. The van der Waals surface area contributed by atoms with Crippen LogP contribution in [0.4, 0.5) is 0 Å². The molecule has 0 bridgehead atoms. The third-order valence-corrected chi connectivity index (χ3v) is 4.82. The molecule has 5 nitrogen and oxygen atoms in total. The minimum absolute atomic E-state index is 0.0109. The molecule has 2 aromatic rings. The molecule has 1 aromatic carbocycles. The monoisotopic (exact) mass is 330 g/mol. The number of carbonyl (C=O) groups excluding carboxylic acids is 2. The zero-order valence-corrected chi connectivity index (χ0v) is 13.3. The maximum Gasteiger partial charge on any atom is 0.256 e. The van der Waals surface area contributed by atoms with Gasteiger partial charge in [0.15, 0.2) is 0 Å². The second kappa shape index (κ2) is 7.39. The number of hydrogen-bond acceptors (Lipinski definition) is 4. The van der Waals surface area contributed by atoms with Gasteiger partial charge in [0.1, 0.15) is 5.92 Å². The van der Waals surface area contributed by atoms with Gasteiger partial charge in [0.05, 0.1) is 12.6 Å². The van der Waals surface area contributed by atoms with Gasteiger partial charge in [-0.2, -0.15) is 0 Å². The summed E-state index contributed by atoms with van der Waals surface area (Å²) in [6.45, 7) is 0.277. The molecule has 1 aromatic heterocycles. The van der Waals surface area contributed by atoms with Gasteiger partial charge in [-0.05, 0) is 29.9 Å². The quantitative estimate of drug-likeness (QED) is 0.654. The molecule has 2 heterocycles. The van der Waals surface area contributed by atoms with Crippen molar-refractivity contribution < 1.29 is 14.4 Å². The van der Waals surface area contributed by atoms with Crippen LogP contribution in [0, 0.1) is 5.92 Å². The highest BCUT2D eigenvalue weighted by atomic mass is 32.1. The standard InChI is InChI=1S/C17H18N2O3S/c20-16-13(8-9-14(18-16)15-7-4-10-23-15)17(21)19-22-11-12-5-2-1-3-6-12/h1-7,10,13-14H,8-9,11H2,(H,18,20)(H,19,21). The molecule has 0 aliphatic carbocycles. The first kappa shape index (κ1) is 15.7. The smallest absolute Gasteiger partial charge is 0.256 e. The maximum absolute atomic E-state index is 12.2. The van der Waals surface area contributed by atoms with E-state index in [1.807, 2.05) is 47.8 Å². The van der Waals surface area contributed by atoms with Crippen LogP contribution in [0.1, 0.15) is 29.3 Å². The van der Waals surface area contributed by atoms with E-state index in [0.29, 0.717) is 6.42 Å². The van der Waals surface area contributed by atoms with Crippen LogP contribution in [-0.4, -0.2) is 11.8 Å². The van der Waals surface area contributed by atoms with Crippen LogP contribution in [0.2, 0.25) is 0 Å². The lowest BCUT2D eigenvalue weighted by atomic mass is 9.93. The van der Waals surface area contributed by atoms with Crippen LogP contribution < -0.4 is 10.8 Å². The van der Waals surface area contributed by atoms with Gasteiger partial charge >= 0.3 is 0 Å². The molecule has 0 spiro atoms. The highest BCUT2D eigenvalue weighted by molar-refractivity contribution is 7.10. The van der Waals surface area contributed by atoms with Crippen LogP contribution in [0.5, 0.6) is 0 Å². The number of nitrogens with one attached hydrogen (secondary N) is 2. The fourth-order valence-corrected chi connectivity index (χ4v) is 3.41. The number of thiophene rings is 1. The molecular formula is C17H18N2O3S. The van der Waals surface area contributed by atoms with Crippen LogP contribution in [-0.2, 0) is 21.0 Å². The fraction of sp³-hybridized carbons (Fsp3) is 0.294. The van der Waals surface area contributed by atoms with Crippen molar-refractivity contribution in [2.45, 2.75) is 25.5 Å². The normalized spacial score (nSPS) is 20.8. The number of amides is 2. The Hall–Kier alpha value is -2.18. The van der Waals surface area contributed by atoms with Gasteiger partial charge in [-0.3, -0.25) is 14.4 Å². The van der Waals surface area contributed by atoms with E-state index in [4.69, 9.17) is 4.84 Å². The zero-order chi connectivity index (χ0) is 16.1. The highest BCUT2D eigenvalue weighted by Crippen LogP contribution is 2.29. The Morgan fingerprint density at radius 3 is 2.74 bits per heavy atom. The topological polar surface area (TPSA) is 67.4 Å². The average Bonchev–Trinajstić information content (AvgIpc) is 3.10. The van der Waals surface area contributed by atoms with Gasteiger partial charge in [0.2, 0.25) is 5.91 Å². The Bertz CT molecular complexity index is 658. The molecule has 2 amide bonds. The lowest BCUT2D eigenvalue weighted by Crippen LogP contribution is -2.46. The molecule has 1 fully saturated rings. The number of benzene rings is 1. The molecule has 6 heteroatoms. The van der Waals surface area contributed by atoms with Crippen molar-refractivity contribution in [1.29, 1.82) is 0 Å². The summed E-state index contributed by atoms with van der Waals surface area (Å²) < 4.78 is 0.